The number of nitrogens with zero attached hydrogens (tertiary/aromatic N) is 1. The van der Waals surface area contributed by atoms with E-state index in [0.29, 0.717) is 12.3 Å². The molecule has 2 rings (SSSR count). The molecular weight excluding hydrogens is 392 g/mol. The van der Waals surface area contributed by atoms with Crippen LogP contribution in [0.2, 0.25) is 0 Å². The van der Waals surface area contributed by atoms with E-state index in [1.807, 2.05) is 58.0 Å². The van der Waals surface area contributed by atoms with Gasteiger partial charge >= 0.3 is 0 Å². The van der Waals surface area contributed by atoms with Crippen LogP contribution in [0, 0.1) is 13.8 Å². The molecule has 2 unspecified atom stereocenters. The van der Waals surface area contributed by atoms with Gasteiger partial charge < -0.3 is 10.2 Å². The lowest BCUT2D eigenvalue weighted by molar-refractivity contribution is -0.138. The van der Waals surface area contributed by atoms with Crippen molar-refractivity contribution in [1.29, 1.82) is 0 Å². The molecule has 0 aliphatic carbocycles. The highest BCUT2D eigenvalue weighted by atomic mass is 32.2. The summed E-state index contributed by atoms with van der Waals surface area (Å²) in [5.41, 5.74) is 4.63. The average molecular weight is 427 g/mol. The molecular formula is C25H34N2O2S. The van der Waals surface area contributed by atoms with Crippen LogP contribution >= 0.6 is 11.8 Å². The van der Waals surface area contributed by atoms with E-state index < -0.39 is 6.04 Å². The number of amides is 2. The van der Waals surface area contributed by atoms with Crippen LogP contribution in [0.5, 0.6) is 0 Å². The fourth-order valence-corrected chi connectivity index (χ4v) is 3.94. The molecule has 2 aromatic rings. The van der Waals surface area contributed by atoms with Crippen LogP contribution in [0.1, 0.15) is 49.4 Å². The highest BCUT2D eigenvalue weighted by Gasteiger charge is 2.26. The van der Waals surface area contributed by atoms with Crippen molar-refractivity contribution in [2.75, 3.05) is 5.75 Å². The Balaban J connectivity index is 2.07. The molecule has 2 atom stereocenters. The molecule has 0 radical (unpaired) electrons. The Hall–Kier alpha value is -2.27. The van der Waals surface area contributed by atoms with Gasteiger partial charge in [0.15, 0.2) is 0 Å². The monoisotopic (exact) mass is 426 g/mol. The van der Waals surface area contributed by atoms with Crippen LogP contribution in [0.4, 0.5) is 0 Å². The summed E-state index contributed by atoms with van der Waals surface area (Å²) in [6.07, 6.45) is 0.858. The molecule has 0 aliphatic rings. The lowest BCUT2D eigenvalue weighted by Crippen LogP contribution is -2.50. The molecule has 0 aromatic heterocycles. The number of thioether (sulfide) groups is 1. The first-order valence-corrected chi connectivity index (χ1v) is 11.7. The van der Waals surface area contributed by atoms with Crippen molar-refractivity contribution in [2.45, 2.75) is 65.4 Å². The van der Waals surface area contributed by atoms with Crippen LogP contribution in [0.25, 0.3) is 0 Å². The topological polar surface area (TPSA) is 49.4 Å². The SMILES string of the molecule is CCC(C)NC(=O)C(C)N(Cc1ccc(C)cc1)C(=O)CSCc1cccc(C)c1. The van der Waals surface area contributed by atoms with E-state index in [-0.39, 0.29) is 17.9 Å². The van der Waals surface area contributed by atoms with Gasteiger partial charge in [-0.1, -0.05) is 66.6 Å². The molecule has 2 aromatic carbocycles. The summed E-state index contributed by atoms with van der Waals surface area (Å²) in [6, 6.07) is 16.0. The number of rotatable bonds is 10. The minimum Gasteiger partial charge on any atom is -0.352 e. The third-order valence-electron chi connectivity index (χ3n) is 5.22. The Bertz CT molecular complexity index is 835. The largest absolute Gasteiger partial charge is 0.352 e. The third-order valence-corrected chi connectivity index (χ3v) is 6.21. The quantitative estimate of drug-likeness (QED) is 0.590. The predicted molar refractivity (Wildman–Crippen MR) is 126 cm³/mol. The molecule has 5 heteroatoms. The fraction of sp³-hybridized carbons (Fsp3) is 0.440. The summed E-state index contributed by atoms with van der Waals surface area (Å²) < 4.78 is 0. The van der Waals surface area contributed by atoms with Crippen molar-refractivity contribution >= 4 is 23.6 Å². The zero-order chi connectivity index (χ0) is 22.1. The van der Waals surface area contributed by atoms with Crippen LogP contribution in [0.3, 0.4) is 0 Å². The maximum Gasteiger partial charge on any atom is 0.242 e. The molecule has 2 amide bonds. The number of hydrogen-bond donors (Lipinski definition) is 1. The molecule has 0 saturated carbocycles. The molecule has 0 saturated heterocycles. The van der Waals surface area contributed by atoms with E-state index in [2.05, 4.69) is 30.4 Å². The Labute approximate surface area is 185 Å². The molecule has 0 heterocycles. The van der Waals surface area contributed by atoms with Crippen LogP contribution in [0.15, 0.2) is 48.5 Å². The van der Waals surface area contributed by atoms with Crippen molar-refractivity contribution in [3.63, 3.8) is 0 Å². The second kappa shape index (κ2) is 11.8. The van der Waals surface area contributed by atoms with Gasteiger partial charge in [0, 0.05) is 18.3 Å². The van der Waals surface area contributed by atoms with E-state index in [4.69, 9.17) is 0 Å². The standard InChI is InChI=1S/C25H34N2O2S/c1-6-20(4)26-25(29)21(5)27(15-22-12-10-18(2)11-13-22)24(28)17-30-16-23-9-7-8-19(3)14-23/h7-14,20-21H,6,15-17H2,1-5H3,(H,26,29). The second-order valence-corrected chi connectivity index (χ2v) is 8.97. The highest BCUT2D eigenvalue weighted by molar-refractivity contribution is 7.99. The Kier molecular flexibility index (Phi) is 9.44. The zero-order valence-corrected chi connectivity index (χ0v) is 19.6. The van der Waals surface area contributed by atoms with Crippen molar-refractivity contribution in [3.8, 4) is 0 Å². The molecule has 0 spiro atoms. The second-order valence-electron chi connectivity index (χ2n) is 7.98. The van der Waals surface area contributed by atoms with E-state index in [1.165, 1.54) is 16.7 Å². The van der Waals surface area contributed by atoms with Gasteiger partial charge in [-0.15, -0.1) is 11.8 Å². The number of carbonyl (C=O) groups excluding carboxylic acids is 2. The minimum absolute atomic E-state index is 0.0139. The van der Waals surface area contributed by atoms with Gasteiger partial charge in [-0.2, -0.15) is 0 Å². The zero-order valence-electron chi connectivity index (χ0n) is 18.8. The van der Waals surface area contributed by atoms with Gasteiger partial charge in [0.25, 0.3) is 0 Å². The summed E-state index contributed by atoms with van der Waals surface area (Å²) in [5, 5.41) is 3.01. The van der Waals surface area contributed by atoms with Gasteiger partial charge in [-0.3, -0.25) is 9.59 Å². The van der Waals surface area contributed by atoms with Crippen molar-refractivity contribution in [1.82, 2.24) is 10.2 Å². The Morgan fingerprint density at radius 2 is 1.70 bits per heavy atom. The van der Waals surface area contributed by atoms with E-state index >= 15 is 0 Å². The van der Waals surface area contributed by atoms with Crippen LogP contribution < -0.4 is 5.32 Å². The maximum absolute atomic E-state index is 13.1. The number of carbonyl (C=O) groups is 2. The first kappa shape index (κ1) is 24.0. The lowest BCUT2D eigenvalue weighted by atomic mass is 10.1. The summed E-state index contributed by atoms with van der Waals surface area (Å²) in [7, 11) is 0. The smallest absolute Gasteiger partial charge is 0.242 e. The molecule has 0 aliphatic heterocycles. The first-order chi connectivity index (χ1) is 14.3. The third kappa shape index (κ3) is 7.52. The van der Waals surface area contributed by atoms with Crippen LogP contribution in [-0.4, -0.2) is 34.6 Å². The van der Waals surface area contributed by atoms with E-state index in [1.54, 1.807) is 16.7 Å². The summed E-state index contributed by atoms with van der Waals surface area (Å²) >= 11 is 1.59. The first-order valence-electron chi connectivity index (χ1n) is 10.6. The van der Waals surface area contributed by atoms with E-state index in [0.717, 1.165) is 17.7 Å². The summed E-state index contributed by atoms with van der Waals surface area (Å²) in [4.78, 5) is 27.5. The number of benzene rings is 2. The number of hydrogen-bond acceptors (Lipinski definition) is 3. The minimum atomic E-state index is -0.521. The van der Waals surface area contributed by atoms with Gasteiger partial charge in [0.05, 0.1) is 5.75 Å². The van der Waals surface area contributed by atoms with Gasteiger partial charge in [-0.25, -0.2) is 0 Å². The molecule has 0 fully saturated rings. The summed E-state index contributed by atoms with van der Waals surface area (Å²) in [6.45, 7) is 10.4. The van der Waals surface area contributed by atoms with Crippen molar-refractivity contribution < 1.29 is 9.59 Å². The number of nitrogens with one attached hydrogen (secondary N) is 1. The Morgan fingerprint density at radius 1 is 1.00 bits per heavy atom. The van der Waals surface area contributed by atoms with Crippen LogP contribution in [-0.2, 0) is 21.9 Å². The molecule has 0 bridgehead atoms. The van der Waals surface area contributed by atoms with Crippen molar-refractivity contribution in [3.05, 3.63) is 70.8 Å². The van der Waals surface area contributed by atoms with Gasteiger partial charge in [0.2, 0.25) is 11.8 Å². The molecule has 4 nitrogen and oxygen atoms in total. The maximum atomic E-state index is 13.1. The molecule has 1 N–H and O–H groups in total. The van der Waals surface area contributed by atoms with Gasteiger partial charge in [-0.05, 0) is 45.2 Å². The molecule has 162 valence electrons. The average Bonchev–Trinajstić information content (AvgIpc) is 2.72. The van der Waals surface area contributed by atoms with Gasteiger partial charge in [0.1, 0.15) is 6.04 Å². The van der Waals surface area contributed by atoms with E-state index in [9.17, 15) is 9.59 Å². The lowest BCUT2D eigenvalue weighted by Gasteiger charge is -2.29. The number of aryl methyl sites for hydroxylation is 2. The fourth-order valence-electron chi connectivity index (χ4n) is 3.08. The normalized spacial score (nSPS) is 12.8. The predicted octanol–water partition coefficient (Wildman–Crippen LogP) is 4.87. The highest BCUT2D eigenvalue weighted by Crippen LogP contribution is 2.17. The summed E-state index contributed by atoms with van der Waals surface area (Å²) in [5.74, 6) is 1.01. The molecule has 30 heavy (non-hydrogen) atoms. The van der Waals surface area contributed by atoms with Crippen molar-refractivity contribution in [2.24, 2.45) is 0 Å². The Morgan fingerprint density at radius 3 is 2.33 bits per heavy atom.